The normalized spacial score (nSPS) is 32.8. The molecular weight excluding hydrogens is 238 g/mol. The molecule has 96 valence electrons. The molecule has 0 aliphatic heterocycles. The Morgan fingerprint density at radius 1 is 1.17 bits per heavy atom. The van der Waals surface area contributed by atoms with E-state index < -0.39 is 0 Å². The second-order valence-electron chi connectivity index (χ2n) is 6.15. The predicted octanol–water partition coefficient (Wildman–Crippen LogP) is 4.51. The first-order valence-corrected chi connectivity index (χ1v) is 7.72. The van der Waals surface area contributed by atoms with Crippen LogP contribution in [0.5, 0.6) is 0 Å². The standard InChI is InChI=1S/C16H21NS/c1-11-8-12(2)10-16(17,9-11)14-5-3-4-13-6-7-18-15(13)14/h3-7,11-12H,8-10,17H2,1-2H3. The van der Waals surface area contributed by atoms with Crippen LogP contribution in [-0.4, -0.2) is 0 Å². The van der Waals surface area contributed by atoms with Gasteiger partial charge in [-0.1, -0.05) is 32.0 Å². The van der Waals surface area contributed by atoms with Crippen molar-refractivity contribution in [2.45, 2.75) is 38.6 Å². The maximum Gasteiger partial charge on any atom is 0.0429 e. The predicted molar refractivity (Wildman–Crippen MR) is 79.9 cm³/mol. The van der Waals surface area contributed by atoms with Crippen molar-refractivity contribution < 1.29 is 0 Å². The van der Waals surface area contributed by atoms with Gasteiger partial charge in [0, 0.05) is 10.2 Å². The highest BCUT2D eigenvalue weighted by atomic mass is 32.1. The maximum absolute atomic E-state index is 6.79. The number of hydrogen-bond donors (Lipinski definition) is 1. The highest BCUT2D eigenvalue weighted by molar-refractivity contribution is 7.17. The molecule has 1 aromatic carbocycles. The van der Waals surface area contributed by atoms with Crippen molar-refractivity contribution in [2.75, 3.05) is 0 Å². The minimum atomic E-state index is -0.124. The van der Waals surface area contributed by atoms with Gasteiger partial charge in [-0.15, -0.1) is 11.3 Å². The van der Waals surface area contributed by atoms with Gasteiger partial charge in [-0.3, -0.25) is 0 Å². The van der Waals surface area contributed by atoms with E-state index in [-0.39, 0.29) is 5.54 Å². The minimum Gasteiger partial charge on any atom is -0.321 e. The van der Waals surface area contributed by atoms with E-state index in [9.17, 15) is 0 Å². The van der Waals surface area contributed by atoms with Gasteiger partial charge in [0.1, 0.15) is 0 Å². The van der Waals surface area contributed by atoms with Gasteiger partial charge in [0.05, 0.1) is 0 Å². The Bertz CT molecular complexity index is 547. The fraction of sp³-hybridized carbons (Fsp3) is 0.500. The molecule has 3 rings (SSSR count). The van der Waals surface area contributed by atoms with Crippen molar-refractivity contribution in [3.63, 3.8) is 0 Å². The smallest absolute Gasteiger partial charge is 0.0429 e. The summed E-state index contributed by atoms with van der Waals surface area (Å²) < 4.78 is 1.39. The van der Waals surface area contributed by atoms with Crippen LogP contribution in [-0.2, 0) is 5.54 Å². The monoisotopic (exact) mass is 259 g/mol. The molecule has 2 N–H and O–H groups in total. The van der Waals surface area contributed by atoms with Gasteiger partial charge in [-0.05, 0) is 53.5 Å². The lowest BCUT2D eigenvalue weighted by Crippen LogP contribution is -2.43. The molecule has 0 spiro atoms. The first-order chi connectivity index (χ1) is 8.58. The highest BCUT2D eigenvalue weighted by Crippen LogP contribution is 2.43. The molecule has 1 aliphatic carbocycles. The summed E-state index contributed by atoms with van der Waals surface area (Å²) in [7, 11) is 0. The Kier molecular flexibility index (Phi) is 2.95. The van der Waals surface area contributed by atoms with E-state index in [4.69, 9.17) is 5.73 Å². The molecule has 2 atom stereocenters. The third-order valence-electron chi connectivity index (χ3n) is 4.25. The zero-order valence-corrected chi connectivity index (χ0v) is 12.0. The molecule has 1 aromatic heterocycles. The van der Waals surface area contributed by atoms with E-state index in [2.05, 4.69) is 43.5 Å². The third-order valence-corrected chi connectivity index (χ3v) is 5.21. The molecule has 1 nitrogen and oxygen atoms in total. The Morgan fingerprint density at radius 2 is 1.89 bits per heavy atom. The lowest BCUT2D eigenvalue weighted by atomic mass is 9.69. The fourth-order valence-electron chi connectivity index (χ4n) is 3.79. The molecule has 0 amide bonds. The first kappa shape index (κ1) is 12.2. The van der Waals surface area contributed by atoms with Crippen LogP contribution in [0.2, 0.25) is 0 Å². The second kappa shape index (κ2) is 4.36. The Labute approximate surface area is 113 Å². The first-order valence-electron chi connectivity index (χ1n) is 6.84. The van der Waals surface area contributed by atoms with Crippen LogP contribution in [0.3, 0.4) is 0 Å². The topological polar surface area (TPSA) is 26.0 Å². The van der Waals surface area contributed by atoms with E-state index >= 15 is 0 Å². The summed E-state index contributed by atoms with van der Waals surface area (Å²) in [5, 5.41) is 3.51. The molecule has 1 saturated carbocycles. The van der Waals surface area contributed by atoms with E-state index in [1.807, 2.05) is 11.3 Å². The third kappa shape index (κ3) is 1.98. The van der Waals surface area contributed by atoms with E-state index in [1.165, 1.54) is 22.1 Å². The van der Waals surface area contributed by atoms with E-state index in [1.54, 1.807) is 0 Å². The molecule has 0 bridgehead atoms. The molecule has 0 saturated heterocycles. The van der Waals surface area contributed by atoms with Crippen molar-refractivity contribution in [3.8, 4) is 0 Å². The number of fused-ring (bicyclic) bond motifs is 1. The molecule has 18 heavy (non-hydrogen) atoms. The highest BCUT2D eigenvalue weighted by Gasteiger charge is 2.37. The van der Waals surface area contributed by atoms with Crippen molar-refractivity contribution in [1.82, 2.24) is 0 Å². The fourth-order valence-corrected chi connectivity index (χ4v) is 4.81. The van der Waals surface area contributed by atoms with Gasteiger partial charge < -0.3 is 5.73 Å². The van der Waals surface area contributed by atoms with Crippen molar-refractivity contribution in [1.29, 1.82) is 0 Å². The van der Waals surface area contributed by atoms with Crippen LogP contribution in [0.15, 0.2) is 29.6 Å². The average Bonchev–Trinajstić information content (AvgIpc) is 2.74. The van der Waals surface area contributed by atoms with Gasteiger partial charge in [0.15, 0.2) is 0 Å². The van der Waals surface area contributed by atoms with Crippen LogP contribution < -0.4 is 5.73 Å². The van der Waals surface area contributed by atoms with Gasteiger partial charge in [-0.2, -0.15) is 0 Å². The summed E-state index contributed by atoms with van der Waals surface area (Å²) in [5.74, 6) is 1.46. The zero-order chi connectivity index (χ0) is 12.8. The molecule has 0 radical (unpaired) electrons. The van der Waals surface area contributed by atoms with Crippen LogP contribution in [0, 0.1) is 11.8 Å². The van der Waals surface area contributed by atoms with Crippen LogP contribution in [0.4, 0.5) is 0 Å². The van der Waals surface area contributed by atoms with Gasteiger partial charge in [0.25, 0.3) is 0 Å². The Balaban J connectivity index is 2.09. The summed E-state index contributed by atoms with van der Waals surface area (Å²) in [6, 6.07) is 8.78. The van der Waals surface area contributed by atoms with Crippen molar-refractivity contribution >= 4 is 21.4 Å². The Morgan fingerprint density at radius 3 is 2.61 bits per heavy atom. The number of benzene rings is 1. The van der Waals surface area contributed by atoms with Crippen LogP contribution >= 0.6 is 11.3 Å². The number of hydrogen-bond acceptors (Lipinski definition) is 2. The van der Waals surface area contributed by atoms with Gasteiger partial charge >= 0.3 is 0 Å². The molecule has 2 aromatic rings. The SMILES string of the molecule is CC1CC(C)CC(N)(c2cccc3ccsc23)C1. The van der Waals surface area contributed by atoms with Crippen LogP contribution in [0.1, 0.15) is 38.7 Å². The van der Waals surface area contributed by atoms with Crippen molar-refractivity contribution in [2.24, 2.45) is 17.6 Å². The molecule has 1 aliphatic rings. The largest absolute Gasteiger partial charge is 0.321 e. The molecule has 2 unspecified atom stereocenters. The summed E-state index contributed by atoms with van der Waals surface area (Å²) in [4.78, 5) is 0. The molecule has 1 fully saturated rings. The maximum atomic E-state index is 6.79. The lowest BCUT2D eigenvalue weighted by molar-refractivity contribution is 0.185. The van der Waals surface area contributed by atoms with Gasteiger partial charge in [-0.25, -0.2) is 0 Å². The lowest BCUT2D eigenvalue weighted by Gasteiger charge is -2.40. The molecule has 1 heterocycles. The summed E-state index contributed by atoms with van der Waals surface area (Å²) in [6.07, 6.45) is 3.56. The second-order valence-corrected chi connectivity index (χ2v) is 7.07. The minimum absolute atomic E-state index is 0.124. The zero-order valence-electron chi connectivity index (χ0n) is 11.1. The van der Waals surface area contributed by atoms with Gasteiger partial charge in [0.2, 0.25) is 0 Å². The molecule has 2 heteroatoms. The summed E-state index contributed by atoms with van der Waals surface area (Å²) >= 11 is 1.83. The van der Waals surface area contributed by atoms with E-state index in [0.29, 0.717) is 0 Å². The molecular formula is C16H21NS. The van der Waals surface area contributed by atoms with Crippen LogP contribution in [0.25, 0.3) is 10.1 Å². The quantitative estimate of drug-likeness (QED) is 0.801. The van der Waals surface area contributed by atoms with E-state index in [0.717, 1.165) is 24.7 Å². The Hall–Kier alpha value is -0.860. The number of rotatable bonds is 1. The number of thiophene rings is 1. The number of nitrogens with two attached hydrogens (primary N) is 1. The van der Waals surface area contributed by atoms with Crippen molar-refractivity contribution in [3.05, 3.63) is 35.2 Å². The average molecular weight is 259 g/mol. The summed E-state index contributed by atoms with van der Waals surface area (Å²) in [5.41, 5.74) is 8.04. The summed E-state index contributed by atoms with van der Waals surface area (Å²) in [6.45, 7) is 4.68.